The number of carbonyl (C=O) groups is 1. The predicted molar refractivity (Wildman–Crippen MR) is 129 cm³/mol. The van der Waals surface area contributed by atoms with Gasteiger partial charge in [-0.3, -0.25) is 4.99 Å². The summed E-state index contributed by atoms with van der Waals surface area (Å²) >= 11 is 0. The van der Waals surface area contributed by atoms with Crippen LogP contribution >= 0.6 is 0 Å². The standard InChI is InChI=1S/C28H37NO3/c1-3-4-5-6-7-8-11-20-14-15-21(16-17-22-18-19-25(32-22)28(30)31-2)27-26(20)23-12-9-10-13-24(23)29-27/h14-15,18-20H,3-13,16-17H2,1-2H3. The molecule has 0 spiro atoms. The van der Waals surface area contributed by atoms with Crippen molar-refractivity contribution in [2.45, 2.75) is 90.4 Å². The Hall–Kier alpha value is -2.36. The van der Waals surface area contributed by atoms with Gasteiger partial charge in [0.1, 0.15) is 5.76 Å². The van der Waals surface area contributed by atoms with Crippen molar-refractivity contribution < 1.29 is 13.9 Å². The van der Waals surface area contributed by atoms with E-state index in [4.69, 9.17) is 14.1 Å². The van der Waals surface area contributed by atoms with Gasteiger partial charge in [0, 0.05) is 18.1 Å². The fourth-order valence-electron chi connectivity index (χ4n) is 5.26. The van der Waals surface area contributed by atoms with Crippen LogP contribution in [-0.4, -0.2) is 18.8 Å². The molecule has 3 aliphatic rings. The zero-order valence-corrected chi connectivity index (χ0v) is 19.8. The number of furan rings is 1. The van der Waals surface area contributed by atoms with E-state index in [0.717, 1.165) is 25.0 Å². The Morgan fingerprint density at radius 3 is 2.75 bits per heavy atom. The smallest absolute Gasteiger partial charge is 0.373 e. The first-order valence-electron chi connectivity index (χ1n) is 12.6. The van der Waals surface area contributed by atoms with Crippen LogP contribution in [0.25, 0.3) is 0 Å². The summed E-state index contributed by atoms with van der Waals surface area (Å²) in [6, 6.07) is 3.58. The zero-order chi connectivity index (χ0) is 22.3. The van der Waals surface area contributed by atoms with Crippen molar-refractivity contribution in [3.63, 3.8) is 0 Å². The normalized spacial score (nSPS) is 19.8. The number of carbonyl (C=O) groups excluding carboxylic acids is 1. The lowest BCUT2D eigenvalue weighted by Crippen LogP contribution is -2.12. The molecule has 2 aliphatic carbocycles. The molecular weight excluding hydrogens is 398 g/mol. The van der Waals surface area contributed by atoms with Gasteiger partial charge in [0.25, 0.3) is 0 Å². The van der Waals surface area contributed by atoms with E-state index in [0.29, 0.717) is 5.92 Å². The minimum Gasteiger partial charge on any atom is -0.463 e. The number of rotatable bonds is 11. The molecule has 172 valence electrons. The number of esters is 1. The van der Waals surface area contributed by atoms with Crippen LogP contribution in [0.2, 0.25) is 0 Å². The number of hydrogen-bond donors (Lipinski definition) is 0. The van der Waals surface area contributed by atoms with Crippen molar-refractivity contribution in [2.24, 2.45) is 10.9 Å². The molecule has 0 aromatic carbocycles. The van der Waals surface area contributed by atoms with Crippen molar-refractivity contribution >= 4 is 11.7 Å². The Kier molecular flexibility index (Phi) is 7.83. The SMILES string of the molecule is CCCCCCCCC1C=CC(CCc2ccc(C(=O)OC)o2)=C2N=C3CCCCC3=C21. The van der Waals surface area contributed by atoms with Crippen molar-refractivity contribution in [3.8, 4) is 0 Å². The quantitative estimate of drug-likeness (QED) is 0.267. The Bertz CT molecular complexity index is 944. The number of unbranched alkanes of at least 4 members (excludes halogenated alkanes) is 5. The molecule has 4 nitrogen and oxygen atoms in total. The van der Waals surface area contributed by atoms with Gasteiger partial charge in [-0.1, -0.05) is 57.6 Å². The van der Waals surface area contributed by atoms with Crippen LogP contribution in [0.4, 0.5) is 0 Å². The first-order chi connectivity index (χ1) is 15.7. The Labute approximate surface area is 192 Å². The first-order valence-corrected chi connectivity index (χ1v) is 12.6. The van der Waals surface area contributed by atoms with Crippen molar-refractivity contribution in [1.29, 1.82) is 0 Å². The molecule has 0 N–H and O–H groups in total. The van der Waals surface area contributed by atoms with E-state index in [1.54, 1.807) is 11.6 Å². The second-order valence-corrected chi connectivity index (χ2v) is 9.31. The van der Waals surface area contributed by atoms with Crippen LogP contribution in [0.3, 0.4) is 0 Å². The molecule has 32 heavy (non-hydrogen) atoms. The van der Waals surface area contributed by atoms with Gasteiger partial charge < -0.3 is 9.15 Å². The van der Waals surface area contributed by atoms with Gasteiger partial charge >= 0.3 is 5.97 Å². The average molecular weight is 436 g/mol. The monoisotopic (exact) mass is 435 g/mol. The molecule has 1 aliphatic heterocycles. The van der Waals surface area contributed by atoms with E-state index in [9.17, 15) is 4.79 Å². The highest BCUT2D eigenvalue weighted by Gasteiger charge is 2.32. The van der Waals surface area contributed by atoms with Crippen molar-refractivity contribution in [3.05, 3.63) is 58.2 Å². The summed E-state index contributed by atoms with van der Waals surface area (Å²) in [5, 5.41) is 0. The number of aliphatic imine (C=N–C) groups is 1. The van der Waals surface area contributed by atoms with Crippen LogP contribution in [0.5, 0.6) is 0 Å². The van der Waals surface area contributed by atoms with Gasteiger partial charge in [-0.25, -0.2) is 4.79 Å². The largest absolute Gasteiger partial charge is 0.463 e. The molecule has 1 saturated carbocycles. The fourth-order valence-corrected chi connectivity index (χ4v) is 5.26. The Balaban J connectivity index is 1.45. The topological polar surface area (TPSA) is 51.8 Å². The van der Waals surface area contributed by atoms with Gasteiger partial charge in [0.05, 0.1) is 12.8 Å². The van der Waals surface area contributed by atoms with Crippen LogP contribution in [0.15, 0.2) is 56.1 Å². The molecule has 1 aromatic rings. The van der Waals surface area contributed by atoms with E-state index < -0.39 is 5.97 Å². The van der Waals surface area contributed by atoms with E-state index in [-0.39, 0.29) is 5.76 Å². The molecule has 4 heteroatoms. The van der Waals surface area contributed by atoms with Gasteiger partial charge in [0.15, 0.2) is 0 Å². The van der Waals surface area contributed by atoms with Crippen molar-refractivity contribution in [1.82, 2.24) is 0 Å². The molecule has 1 unspecified atom stereocenters. The second kappa shape index (κ2) is 11.0. The van der Waals surface area contributed by atoms with Crippen LogP contribution in [0, 0.1) is 5.92 Å². The number of methoxy groups -OCH3 is 1. The molecule has 1 fully saturated rings. The van der Waals surface area contributed by atoms with Crippen molar-refractivity contribution in [2.75, 3.05) is 7.11 Å². The summed E-state index contributed by atoms with van der Waals surface area (Å²) in [4.78, 5) is 16.8. The zero-order valence-electron chi connectivity index (χ0n) is 19.8. The molecule has 0 radical (unpaired) electrons. The highest BCUT2D eigenvalue weighted by atomic mass is 16.5. The average Bonchev–Trinajstić information content (AvgIpc) is 3.45. The lowest BCUT2D eigenvalue weighted by Gasteiger charge is -2.24. The summed E-state index contributed by atoms with van der Waals surface area (Å²) in [7, 11) is 1.37. The molecule has 0 saturated heterocycles. The number of hydrogen-bond acceptors (Lipinski definition) is 4. The van der Waals surface area contributed by atoms with Gasteiger partial charge in [-0.15, -0.1) is 0 Å². The summed E-state index contributed by atoms with van der Waals surface area (Å²) in [6.07, 6.45) is 20.5. The van der Waals surface area contributed by atoms with Gasteiger partial charge in [-0.05, 0) is 67.4 Å². The summed E-state index contributed by atoms with van der Waals surface area (Å²) in [5.41, 5.74) is 6.98. The number of ether oxygens (including phenoxy) is 1. The summed E-state index contributed by atoms with van der Waals surface area (Å²) in [5.74, 6) is 1.18. The molecule has 1 aromatic heterocycles. The minimum atomic E-state index is -0.424. The number of nitrogens with zero attached hydrogens (tertiary/aromatic N) is 1. The molecule has 2 heterocycles. The first kappa shape index (κ1) is 22.8. The molecule has 4 rings (SSSR count). The highest BCUT2D eigenvalue weighted by Crippen LogP contribution is 2.44. The third kappa shape index (κ3) is 5.16. The third-order valence-corrected chi connectivity index (χ3v) is 7.03. The number of allylic oxidation sites excluding steroid dienone is 5. The second-order valence-electron chi connectivity index (χ2n) is 9.31. The summed E-state index contributed by atoms with van der Waals surface area (Å²) < 4.78 is 10.4. The maximum atomic E-state index is 11.7. The lowest BCUT2D eigenvalue weighted by atomic mass is 9.79. The Morgan fingerprint density at radius 2 is 1.91 bits per heavy atom. The molecule has 1 atom stereocenters. The highest BCUT2D eigenvalue weighted by molar-refractivity contribution is 6.06. The summed E-state index contributed by atoms with van der Waals surface area (Å²) in [6.45, 7) is 2.28. The van der Waals surface area contributed by atoms with Gasteiger partial charge in [-0.2, -0.15) is 0 Å². The van der Waals surface area contributed by atoms with Gasteiger partial charge in [0.2, 0.25) is 5.76 Å². The number of aryl methyl sites for hydroxylation is 1. The third-order valence-electron chi connectivity index (χ3n) is 7.03. The molecular formula is C28H37NO3. The maximum Gasteiger partial charge on any atom is 0.373 e. The van der Waals surface area contributed by atoms with E-state index in [1.165, 1.54) is 93.9 Å². The van der Waals surface area contributed by atoms with E-state index in [2.05, 4.69) is 19.1 Å². The number of fused-ring (bicyclic) bond motifs is 2. The predicted octanol–water partition coefficient (Wildman–Crippen LogP) is 7.51. The van der Waals surface area contributed by atoms with E-state index in [1.807, 2.05) is 6.07 Å². The van der Waals surface area contributed by atoms with Crippen LogP contribution in [0.1, 0.15) is 100 Å². The van der Waals surface area contributed by atoms with Crippen LogP contribution < -0.4 is 0 Å². The molecule has 0 amide bonds. The minimum absolute atomic E-state index is 0.272. The maximum absolute atomic E-state index is 11.7. The lowest BCUT2D eigenvalue weighted by molar-refractivity contribution is 0.0563. The van der Waals surface area contributed by atoms with E-state index >= 15 is 0 Å². The van der Waals surface area contributed by atoms with Crippen LogP contribution in [-0.2, 0) is 11.2 Å². The fraction of sp³-hybridized carbons (Fsp3) is 0.571. The molecule has 0 bridgehead atoms. The Morgan fingerprint density at radius 1 is 1.09 bits per heavy atom.